The fourth-order valence-electron chi connectivity index (χ4n) is 2.83. The molecule has 0 aliphatic heterocycles. The monoisotopic (exact) mass is 407 g/mol. The van der Waals surface area contributed by atoms with Crippen LogP contribution in [0.25, 0.3) is 22.8 Å². The molecule has 0 atom stereocenters. The predicted octanol–water partition coefficient (Wildman–Crippen LogP) is 4.24. The van der Waals surface area contributed by atoms with Gasteiger partial charge in [-0.3, -0.25) is 9.55 Å². The Bertz CT molecular complexity index is 1060. The summed E-state index contributed by atoms with van der Waals surface area (Å²) in [5.41, 5.74) is 4.00. The maximum Gasteiger partial charge on any atom is 0.226 e. The lowest BCUT2D eigenvalue weighted by Crippen LogP contribution is -2.07. The number of rotatable bonds is 8. The summed E-state index contributed by atoms with van der Waals surface area (Å²) in [4.78, 5) is 8.68. The highest BCUT2D eigenvalue weighted by atomic mass is 32.2. The van der Waals surface area contributed by atoms with Crippen LogP contribution in [0.1, 0.15) is 11.3 Å². The number of thioether (sulfide) groups is 1. The van der Waals surface area contributed by atoms with E-state index >= 15 is 0 Å². The van der Waals surface area contributed by atoms with E-state index in [0.29, 0.717) is 24.8 Å². The van der Waals surface area contributed by atoms with Crippen molar-refractivity contribution in [2.75, 3.05) is 13.7 Å². The van der Waals surface area contributed by atoms with Crippen LogP contribution in [0.3, 0.4) is 0 Å². The number of aromatic nitrogens is 5. The number of ether oxygens (including phenoxy) is 1. The summed E-state index contributed by atoms with van der Waals surface area (Å²) in [6.45, 7) is 3.30. The van der Waals surface area contributed by atoms with Crippen molar-refractivity contribution in [3.8, 4) is 22.8 Å². The first kappa shape index (κ1) is 19.4. The standard InChI is InChI=1S/C21H21N5O2S/c1-15-3-5-17(6-4-15)20-23-18(13-28-20)14-29-21-25-24-19(26(21)11-12-27-2)16-7-9-22-10-8-16/h3-10,13H,11-12,14H2,1-2H3. The van der Waals surface area contributed by atoms with Crippen LogP contribution in [0, 0.1) is 6.92 Å². The summed E-state index contributed by atoms with van der Waals surface area (Å²) in [5.74, 6) is 2.06. The Morgan fingerprint density at radius 1 is 1.03 bits per heavy atom. The molecule has 0 saturated carbocycles. The lowest BCUT2D eigenvalue weighted by molar-refractivity contribution is 0.185. The molecular weight excluding hydrogens is 386 g/mol. The number of hydrogen-bond acceptors (Lipinski definition) is 7. The second-order valence-electron chi connectivity index (χ2n) is 6.49. The predicted molar refractivity (Wildman–Crippen MR) is 111 cm³/mol. The number of benzene rings is 1. The van der Waals surface area contributed by atoms with Crippen molar-refractivity contribution in [3.05, 3.63) is 66.3 Å². The minimum absolute atomic E-state index is 0.575. The summed E-state index contributed by atoms with van der Waals surface area (Å²) in [6, 6.07) is 12.0. The maximum atomic E-state index is 5.65. The molecule has 0 saturated heterocycles. The number of pyridine rings is 1. The maximum absolute atomic E-state index is 5.65. The van der Waals surface area contributed by atoms with E-state index in [9.17, 15) is 0 Å². The van der Waals surface area contributed by atoms with Gasteiger partial charge in [0.15, 0.2) is 11.0 Å². The third-order valence-electron chi connectivity index (χ3n) is 4.37. The average molecular weight is 407 g/mol. The number of nitrogens with zero attached hydrogens (tertiary/aromatic N) is 5. The SMILES string of the molecule is COCCn1c(SCc2coc(-c3ccc(C)cc3)n2)nnc1-c1ccncc1. The Labute approximate surface area is 173 Å². The van der Waals surface area contributed by atoms with Crippen LogP contribution < -0.4 is 0 Å². The molecule has 0 N–H and O–H groups in total. The Morgan fingerprint density at radius 3 is 2.59 bits per heavy atom. The Hall–Kier alpha value is -2.97. The summed E-state index contributed by atoms with van der Waals surface area (Å²) in [7, 11) is 1.69. The van der Waals surface area contributed by atoms with E-state index < -0.39 is 0 Å². The van der Waals surface area contributed by atoms with Crippen molar-refractivity contribution in [2.45, 2.75) is 24.4 Å². The highest BCUT2D eigenvalue weighted by molar-refractivity contribution is 7.98. The molecule has 3 aromatic heterocycles. The summed E-state index contributed by atoms with van der Waals surface area (Å²) in [6.07, 6.45) is 5.20. The van der Waals surface area contributed by atoms with Gasteiger partial charge in [0, 0.05) is 36.4 Å². The van der Waals surface area contributed by atoms with Crippen molar-refractivity contribution >= 4 is 11.8 Å². The minimum Gasteiger partial charge on any atom is -0.444 e. The molecule has 0 radical (unpaired) electrons. The molecule has 0 amide bonds. The third kappa shape index (κ3) is 4.55. The lowest BCUT2D eigenvalue weighted by atomic mass is 10.1. The zero-order chi connectivity index (χ0) is 20.1. The van der Waals surface area contributed by atoms with Gasteiger partial charge < -0.3 is 9.15 Å². The van der Waals surface area contributed by atoms with Crippen molar-refractivity contribution in [3.63, 3.8) is 0 Å². The average Bonchev–Trinajstić information content (AvgIpc) is 3.39. The van der Waals surface area contributed by atoms with Gasteiger partial charge in [-0.25, -0.2) is 4.98 Å². The van der Waals surface area contributed by atoms with Gasteiger partial charge >= 0.3 is 0 Å². The van der Waals surface area contributed by atoms with Gasteiger partial charge in [0.05, 0.1) is 18.8 Å². The molecule has 8 heteroatoms. The molecule has 0 fully saturated rings. The quantitative estimate of drug-likeness (QED) is 0.404. The molecule has 3 heterocycles. The van der Waals surface area contributed by atoms with Crippen LogP contribution in [0.5, 0.6) is 0 Å². The number of methoxy groups -OCH3 is 1. The van der Waals surface area contributed by atoms with Crippen LogP contribution in [0.2, 0.25) is 0 Å². The molecule has 0 bridgehead atoms. The van der Waals surface area contributed by atoms with Crippen LogP contribution in [-0.2, 0) is 17.0 Å². The van der Waals surface area contributed by atoms with E-state index in [1.54, 1.807) is 37.5 Å². The molecule has 0 spiro atoms. The fourth-order valence-corrected chi connectivity index (χ4v) is 3.68. The molecular formula is C21H21N5O2S. The van der Waals surface area contributed by atoms with E-state index in [4.69, 9.17) is 9.15 Å². The van der Waals surface area contributed by atoms with Gasteiger partial charge in [0.2, 0.25) is 5.89 Å². The highest BCUT2D eigenvalue weighted by Gasteiger charge is 2.15. The summed E-state index contributed by atoms with van der Waals surface area (Å²) >= 11 is 1.57. The highest BCUT2D eigenvalue weighted by Crippen LogP contribution is 2.27. The van der Waals surface area contributed by atoms with E-state index in [-0.39, 0.29) is 0 Å². The largest absolute Gasteiger partial charge is 0.444 e. The van der Waals surface area contributed by atoms with Crippen molar-refractivity contribution in [1.29, 1.82) is 0 Å². The number of aryl methyl sites for hydroxylation is 1. The molecule has 7 nitrogen and oxygen atoms in total. The van der Waals surface area contributed by atoms with E-state index in [2.05, 4.69) is 31.7 Å². The third-order valence-corrected chi connectivity index (χ3v) is 5.37. The van der Waals surface area contributed by atoms with Crippen LogP contribution in [-0.4, -0.2) is 38.4 Å². The number of hydrogen-bond donors (Lipinski definition) is 0. The van der Waals surface area contributed by atoms with E-state index in [1.165, 1.54) is 5.56 Å². The molecule has 1 aromatic carbocycles. The summed E-state index contributed by atoms with van der Waals surface area (Å²) in [5, 5.41) is 9.57. The van der Waals surface area contributed by atoms with Crippen molar-refractivity contribution in [2.24, 2.45) is 0 Å². The first-order valence-corrected chi connectivity index (χ1v) is 10.2. The molecule has 0 aliphatic rings. The Balaban J connectivity index is 1.51. The fraction of sp³-hybridized carbons (Fsp3) is 0.238. The van der Waals surface area contributed by atoms with Gasteiger partial charge in [-0.05, 0) is 31.2 Å². The van der Waals surface area contributed by atoms with Gasteiger partial charge in [-0.15, -0.1) is 10.2 Å². The van der Waals surface area contributed by atoms with Gasteiger partial charge in [0.1, 0.15) is 6.26 Å². The van der Waals surface area contributed by atoms with Crippen LogP contribution in [0.4, 0.5) is 0 Å². The first-order chi connectivity index (χ1) is 14.2. The molecule has 29 heavy (non-hydrogen) atoms. The zero-order valence-corrected chi connectivity index (χ0v) is 17.1. The van der Waals surface area contributed by atoms with Crippen LogP contribution in [0.15, 0.2) is 64.6 Å². The summed E-state index contributed by atoms with van der Waals surface area (Å²) < 4.78 is 13.0. The smallest absolute Gasteiger partial charge is 0.226 e. The van der Waals surface area contributed by atoms with Gasteiger partial charge in [0.25, 0.3) is 0 Å². The van der Waals surface area contributed by atoms with E-state index in [1.807, 2.05) is 36.4 Å². The van der Waals surface area contributed by atoms with Gasteiger partial charge in [-0.1, -0.05) is 29.5 Å². The van der Waals surface area contributed by atoms with Crippen molar-refractivity contribution < 1.29 is 9.15 Å². The van der Waals surface area contributed by atoms with E-state index in [0.717, 1.165) is 27.8 Å². The number of oxazole rings is 1. The Kier molecular flexibility index (Phi) is 6.02. The second kappa shape index (κ2) is 9.02. The normalized spacial score (nSPS) is 11.1. The van der Waals surface area contributed by atoms with Gasteiger partial charge in [-0.2, -0.15) is 0 Å². The Morgan fingerprint density at radius 2 is 1.83 bits per heavy atom. The molecule has 0 aliphatic carbocycles. The molecule has 0 unspecified atom stereocenters. The first-order valence-electron chi connectivity index (χ1n) is 9.21. The minimum atomic E-state index is 0.575. The molecule has 148 valence electrons. The molecule has 4 rings (SSSR count). The topological polar surface area (TPSA) is 78.9 Å². The van der Waals surface area contributed by atoms with Crippen LogP contribution >= 0.6 is 11.8 Å². The second-order valence-corrected chi connectivity index (χ2v) is 7.43. The lowest BCUT2D eigenvalue weighted by Gasteiger charge is -2.09. The van der Waals surface area contributed by atoms with Crippen molar-refractivity contribution in [1.82, 2.24) is 24.7 Å². The zero-order valence-electron chi connectivity index (χ0n) is 16.3. The molecule has 4 aromatic rings.